The lowest BCUT2D eigenvalue weighted by Crippen LogP contribution is -1.99. The zero-order valence-electron chi connectivity index (χ0n) is 15.0. The summed E-state index contributed by atoms with van der Waals surface area (Å²) in [5.41, 5.74) is 4.63. The predicted molar refractivity (Wildman–Crippen MR) is 107 cm³/mol. The van der Waals surface area contributed by atoms with E-state index in [4.69, 9.17) is 21.1 Å². The quantitative estimate of drug-likeness (QED) is 0.455. The van der Waals surface area contributed by atoms with Crippen LogP contribution in [0.3, 0.4) is 0 Å². The zero-order valence-corrected chi connectivity index (χ0v) is 15.7. The molecule has 0 saturated carbocycles. The van der Waals surface area contributed by atoms with Crippen LogP contribution in [0.25, 0.3) is 0 Å². The maximum Gasteiger partial charge on any atom is 0.124 e. The molecule has 0 amide bonds. The molecule has 3 aromatic rings. The molecule has 0 aromatic heterocycles. The fourth-order valence-electron chi connectivity index (χ4n) is 2.83. The Morgan fingerprint density at radius 2 is 1.50 bits per heavy atom. The van der Waals surface area contributed by atoms with Crippen LogP contribution in [-0.2, 0) is 18.9 Å². The first-order chi connectivity index (χ1) is 12.8. The molecule has 0 spiro atoms. The Morgan fingerprint density at radius 3 is 2.19 bits per heavy atom. The number of halogens is 1. The monoisotopic (exact) mass is 366 g/mol. The maximum absolute atomic E-state index is 6.15. The normalized spacial score (nSPS) is 10.5. The van der Waals surface area contributed by atoms with E-state index in [0.717, 1.165) is 29.0 Å². The van der Waals surface area contributed by atoms with E-state index in [-0.39, 0.29) is 0 Å². The molecular formula is C23H23ClO2. The molecule has 0 saturated heterocycles. The summed E-state index contributed by atoms with van der Waals surface area (Å²) in [6.07, 6.45) is 0.856. The molecule has 0 heterocycles. The number of rotatable bonds is 8. The van der Waals surface area contributed by atoms with Crippen LogP contribution in [0.5, 0.6) is 11.5 Å². The van der Waals surface area contributed by atoms with Crippen molar-refractivity contribution in [1.29, 1.82) is 0 Å². The molecule has 0 N–H and O–H groups in total. The summed E-state index contributed by atoms with van der Waals surface area (Å²) >= 11 is 6.15. The van der Waals surface area contributed by atoms with E-state index in [1.165, 1.54) is 11.1 Å². The molecule has 0 atom stereocenters. The lowest BCUT2D eigenvalue weighted by molar-refractivity contribution is 0.304. The minimum atomic E-state index is 0.432. The number of ether oxygens (including phenoxy) is 2. The Hall–Kier alpha value is -2.45. The van der Waals surface area contributed by atoms with Crippen LogP contribution < -0.4 is 9.47 Å². The minimum absolute atomic E-state index is 0.432. The van der Waals surface area contributed by atoms with Gasteiger partial charge in [0.2, 0.25) is 0 Å². The summed E-state index contributed by atoms with van der Waals surface area (Å²) in [5, 5.41) is 0. The number of hydrogen-bond acceptors (Lipinski definition) is 2. The topological polar surface area (TPSA) is 18.5 Å². The van der Waals surface area contributed by atoms with Gasteiger partial charge in [-0.05, 0) is 48.2 Å². The van der Waals surface area contributed by atoms with Crippen LogP contribution in [-0.4, -0.2) is 6.61 Å². The van der Waals surface area contributed by atoms with E-state index >= 15 is 0 Å². The van der Waals surface area contributed by atoms with E-state index in [1.54, 1.807) is 0 Å². The summed E-state index contributed by atoms with van der Waals surface area (Å²) in [4.78, 5) is 0. The molecule has 0 unspecified atom stereocenters. The summed E-state index contributed by atoms with van der Waals surface area (Å²) in [7, 11) is 0. The molecular weight excluding hydrogens is 344 g/mol. The standard InChI is InChI=1S/C23H23ClO2/c1-2-25-22-11-8-18(9-12-22)14-20-10-13-23(21(15-20)16-24)26-17-19-6-4-3-5-7-19/h3-13,15H,2,14,16-17H2,1H3. The Kier molecular flexibility index (Phi) is 6.56. The molecule has 0 aliphatic carbocycles. The fourth-order valence-corrected chi connectivity index (χ4v) is 3.04. The summed E-state index contributed by atoms with van der Waals surface area (Å²) in [6.45, 7) is 3.22. The van der Waals surface area contributed by atoms with Crippen molar-refractivity contribution in [1.82, 2.24) is 0 Å². The first kappa shape index (κ1) is 18.3. The lowest BCUT2D eigenvalue weighted by atomic mass is 10.0. The van der Waals surface area contributed by atoms with Crippen molar-refractivity contribution < 1.29 is 9.47 Å². The Balaban J connectivity index is 1.67. The summed E-state index contributed by atoms with van der Waals surface area (Å²) in [5.74, 6) is 2.18. The molecule has 0 radical (unpaired) electrons. The molecule has 0 aliphatic rings. The second kappa shape index (κ2) is 9.30. The predicted octanol–water partition coefficient (Wildman–Crippen LogP) is 5.99. The number of benzene rings is 3. The van der Waals surface area contributed by atoms with Crippen molar-refractivity contribution in [3.63, 3.8) is 0 Å². The smallest absolute Gasteiger partial charge is 0.124 e. The van der Waals surface area contributed by atoms with Crippen LogP contribution in [0, 0.1) is 0 Å². The first-order valence-electron chi connectivity index (χ1n) is 8.84. The van der Waals surface area contributed by atoms with Crippen molar-refractivity contribution in [2.75, 3.05) is 6.61 Å². The van der Waals surface area contributed by atoms with Crippen molar-refractivity contribution in [3.8, 4) is 11.5 Å². The fraction of sp³-hybridized carbons (Fsp3) is 0.217. The van der Waals surface area contributed by atoms with Crippen molar-refractivity contribution in [2.45, 2.75) is 25.8 Å². The van der Waals surface area contributed by atoms with E-state index in [1.807, 2.05) is 43.3 Å². The third kappa shape index (κ3) is 5.03. The largest absolute Gasteiger partial charge is 0.494 e. The first-order valence-corrected chi connectivity index (χ1v) is 9.38. The van der Waals surface area contributed by atoms with E-state index < -0.39 is 0 Å². The molecule has 0 bridgehead atoms. The van der Waals surface area contributed by atoms with Crippen LogP contribution in [0.15, 0.2) is 72.8 Å². The van der Waals surface area contributed by atoms with Crippen LogP contribution in [0.2, 0.25) is 0 Å². The number of alkyl halides is 1. The molecule has 3 heteroatoms. The van der Waals surface area contributed by atoms with E-state index in [9.17, 15) is 0 Å². The van der Waals surface area contributed by atoms with Gasteiger partial charge in [-0.2, -0.15) is 0 Å². The zero-order chi connectivity index (χ0) is 18.2. The van der Waals surface area contributed by atoms with Gasteiger partial charge in [-0.1, -0.05) is 54.6 Å². The van der Waals surface area contributed by atoms with Gasteiger partial charge in [0.25, 0.3) is 0 Å². The van der Waals surface area contributed by atoms with Gasteiger partial charge in [0, 0.05) is 5.56 Å². The van der Waals surface area contributed by atoms with Gasteiger partial charge in [0.05, 0.1) is 12.5 Å². The molecule has 3 aromatic carbocycles. The number of hydrogen-bond donors (Lipinski definition) is 0. The molecule has 26 heavy (non-hydrogen) atoms. The highest BCUT2D eigenvalue weighted by atomic mass is 35.5. The van der Waals surface area contributed by atoms with Crippen molar-refractivity contribution in [2.24, 2.45) is 0 Å². The van der Waals surface area contributed by atoms with Gasteiger partial charge in [-0.25, -0.2) is 0 Å². The lowest BCUT2D eigenvalue weighted by Gasteiger charge is -2.12. The Morgan fingerprint density at radius 1 is 0.769 bits per heavy atom. The van der Waals surface area contributed by atoms with Crippen molar-refractivity contribution >= 4 is 11.6 Å². The van der Waals surface area contributed by atoms with Crippen molar-refractivity contribution in [3.05, 3.63) is 95.1 Å². The third-order valence-corrected chi connectivity index (χ3v) is 4.44. The molecule has 2 nitrogen and oxygen atoms in total. The highest BCUT2D eigenvalue weighted by Gasteiger charge is 2.06. The highest BCUT2D eigenvalue weighted by Crippen LogP contribution is 2.25. The third-order valence-electron chi connectivity index (χ3n) is 4.15. The van der Waals surface area contributed by atoms with Gasteiger partial charge >= 0.3 is 0 Å². The van der Waals surface area contributed by atoms with Gasteiger partial charge in [-0.15, -0.1) is 11.6 Å². The van der Waals surface area contributed by atoms with E-state index in [0.29, 0.717) is 19.1 Å². The molecule has 0 fully saturated rings. The average Bonchev–Trinajstić information content (AvgIpc) is 2.69. The summed E-state index contributed by atoms with van der Waals surface area (Å²) < 4.78 is 11.5. The van der Waals surface area contributed by atoms with Gasteiger partial charge in [0.15, 0.2) is 0 Å². The van der Waals surface area contributed by atoms with Gasteiger partial charge < -0.3 is 9.47 Å². The highest BCUT2D eigenvalue weighted by molar-refractivity contribution is 6.17. The molecule has 3 rings (SSSR count). The van der Waals surface area contributed by atoms with E-state index in [2.05, 4.69) is 36.4 Å². The molecule has 0 aliphatic heterocycles. The summed E-state index contributed by atoms with van der Waals surface area (Å²) in [6, 6.07) is 24.6. The van der Waals surface area contributed by atoms with Crippen LogP contribution in [0.1, 0.15) is 29.2 Å². The van der Waals surface area contributed by atoms with Gasteiger partial charge in [-0.3, -0.25) is 0 Å². The van der Waals surface area contributed by atoms with Crippen LogP contribution in [0.4, 0.5) is 0 Å². The second-order valence-corrected chi connectivity index (χ2v) is 6.37. The minimum Gasteiger partial charge on any atom is -0.494 e. The average molecular weight is 367 g/mol. The van der Waals surface area contributed by atoms with Crippen LogP contribution >= 0.6 is 11.6 Å². The Bertz CT molecular complexity index is 813. The SMILES string of the molecule is CCOc1ccc(Cc2ccc(OCc3ccccc3)c(CCl)c2)cc1. The second-order valence-electron chi connectivity index (χ2n) is 6.10. The maximum atomic E-state index is 6.15. The Labute approximate surface area is 160 Å². The van der Waals surface area contributed by atoms with Gasteiger partial charge in [0.1, 0.15) is 18.1 Å². The molecule has 134 valence electrons.